The van der Waals surface area contributed by atoms with E-state index in [9.17, 15) is 0 Å². The van der Waals surface area contributed by atoms with E-state index in [1.54, 1.807) is 0 Å². The summed E-state index contributed by atoms with van der Waals surface area (Å²) in [5.74, 6) is 2.56. The van der Waals surface area contributed by atoms with Gasteiger partial charge in [-0.2, -0.15) is 0 Å². The Labute approximate surface area is 137 Å². The van der Waals surface area contributed by atoms with Crippen molar-refractivity contribution in [2.24, 2.45) is 11.8 Å². The largest absolute Gasteiger partial charge is 0.493 e. The lowest BCUT2D eigenvalue weighted by atomic mass is 9.93. The van der Waals surface area contributed by atoms with Crippen LogP contribution in [0.5, 0.6) is 5.75 Å². The van der Waals surface area contributed by atoms with Crippen molar-refractivity contribution >= 4 is 15.9 Å². The Bertz CT molecular complexity index is 459. The highest BCUT2D eigenvalue weighted by molar-refractivity contribution is 9.10. The number of ether oxygens (including phenoxy) is 1. The van der Waals surface area contributed by atoms with Gasteiger partial charge in [0.05, 0.1) is 6.61 Å². The third-order valence-corrected chi connectivity index (χ3v) is 4.47. The molecule has 0 fully saturated rings. The average Bonchev–Trinajstić information content (AvgIpc) is 2.86. The van der Waals surface area contributed by atoms with Gasteiger partial charge in [-0.3, -0.25) is 0 Å². The monoisotopic (exact) mass is 353 g/mol. The van der Waals surface area contributed by atoms with Gasteiger partial charge in [-0.05, 0) is 61.0 Å². The van der Waals surface area contributed by atoms with Gasteiger partial charge in [-0.15, -0.1) is 0 Å². The number of halogens is 1. The molecule has 0 aliphatic carbocycles. The predicted octanol–water partition coefficient (Wildman–Crippen LogP) is 4.59. The van der Waals surface area contributed by atoms with Crippen molar-refractivity contribution in [1.29, 1.82) is 0 Å². The van der Waals surface area contributed by atoms with Crippen LogP contribution in [0.1, 0.15) is 44.7 Å². The van der Waals surface area contributed by atoms with Crippen molar-refractivity contribution in [2.45, 2.75) is 46.5 Å². The highest BCUT2D eigenvalue weighted by Gasteiger charge is 2.20. The fraction of sp³-hybridized carbons (Fsp3) is 0.667. The third kappa shape index (κ3) is 5.00. The van der Waals surface area contributed by atoms with E-state index in [2.05, 4.69) is 54.2 Å². The molecule has 0 spiro atoms. The lowest BCUT2D eigenvalue weighted by Crippen LogP contribution is -2.27. The smallest absolute Gasteiger partial charge is 0.125 e. The van der Waals surface area contributed by atoms with Crippen molar-refractivity contribution in [3.8, 4) is 5.75 Å². The lowest BCUT2D eigenvalue weighted by Gasteiger charge is -2.19. The molecule has 0 aromatic heterocycles. The number of hydrogen-bond acceptors (Lipinski definition) is 2. The van der Waals surface area contributed by atoms with Gasteiger partial charge in [0.1, 0.15) is 5.75 Å². The van der Waals surface area contributed by atoms with Crippen LogP contribution in [0.4, 0.5) is 0 Å². The normalized spacial score (nSPS) is 15.1. The molecule has 1 aromatic carbocycles. The van der Waals surface area contributed by atoms with Crippen LogP contribution >= 0.6 is 15.9 Å². The molecule has 1 aliphatic rings. The zero-order valence-electron chi connectivity index (χ0n) is 13.5. The molecular formula is C18H28BrNO. The summed E-state index contributed by atoms with van der Waals surface area (Å²) >= 11 is 3.65. The first-order valence-corrected chi connectivity index (χ1v) is 9.04. The van der Waals surface area contributed by atoms with Gasteiger partial charge >= 0.3 is 0 Å². The Morgan fingerprint density at radius 1 is 1.29 bits per heavy atom. The highest BCUT2D eigenvalue weighted by Crippen LogP contribution is 2.34. The summed E-state index contributed by atoms with van der Waals surface area (Å²) in [4.78, 5) is 0. The van der Waals surface area contributed by atoms with E-state index in [0.29, 0.717) is 11.8 Å². The van der Waals surface area contributed by atoms with Crippen LogP contribution in [0.3, 0.4) is 0 Å². The zero-order chi connectivity index (χ0) is 15.2. The molecule has 1 heterocycles. The molecule has 0 amide bonds. The van der Waals surface area contributed by atoms with E-state index in [-0.39, 0.29) is 0 Å². The van der Waals surface area contributed by atoms with Gasteiger partial charge in [-0.25, -0.2) is 0 Å². The van der Waals surface area contributed by atoms with E-state index in [0.717, 1.165) is 38.3 Å². The molecule has 1 aromatic rings. The second-order valence-corrected chi connectivity index (χ2v) is 7.48. The van der Waals surface area contributed by atoms with Gasteiger partial charge in [0, 0.05) is 10.9 Å². The fourth-order valence-electron chi connectivity index (χ4n) is 3.07. The molecule has 1 N–H and O–H groups in total. The molecule has 21 heavy (non-hydrogen) atoms. The lowest BCUT2D eigenvalue weighted by molar-refractivity contribution is 0.348. The summed E-state index contributed by atoms with van der Waals surface area (Å²) < 4.78 is 7.05. The molecule has 0 saturated heterocycles. The minimum absolute atomic E-state index is 0.691. The SMILES string of the molecule is CCCC(CNCC(C)C)Cc1cc(Br)cc2c1OCC2. The van der Waals surface area contributed by atoms with Crippen LogP contribution < -0.4 is 10.1 Å². The molecular weight excluding hydrogens is 326 g/mol. The number of hydrogen-bond donors (Lipinski definition) is 1. The summed E-state index contributed by atoms with van der Waals surface area (Å²) in [7, 11) is 0. The Morgan fingerprint density at radius 3 is 2.81 bits per heavy atom. The Balaban J connectivity index is 2.03. The maximum atomic E-state index is 5.87. The molecule has 2 nitrogen and oxygen atoms in total. The van der Waals surface area contributed by atoms with Crippen LogP contribution in [0, 0.1) is 11.8 Å². The topological polar surface area (TPSA) is 21.3 Å². The van der Waals surface area contributed by atoms with Crippen molar-refractivity contribution < 1.29 is 4.74 Å². The Kier molecular flexibility index (Phi) is 6.56. The van der Waals surface area contributed by atoms with E-state index < -0.39 is 0 Å². The third-order valence-electron chi connectivity index (χ3n) is 4.02. The van der Waals surface area contributed by atoms with Gasteiger partial charge in [0.2, 0.25) is 0 Å². The van der Waals surface area contributed by atoms with E-state index >= 15 is 0 Å². The minimum Gasteiger partial charge on any atom is -0.493 e. The van der Waals surface area contributed by atoms with Crippen molar-refractivity contribution in [1.82, 2.24) is 5.32 Å². The molecule has 118 valence electrons. The van der Waals surface area contributed by atoms with Crippen LogP contribution in [0.2, 0.25) is 0 Å². The van der Waals surface area contributed by atoms with Crippen molar-refractivity contribution in [3.63, 3.8) is 0 Å². The Hall–Kier alpha value is -0.540. The van der Waals surface area contributed by atoms with E-state index in [1.165, 1.54) is 28.4 Å². The molecule has 1 atom stereocenters. The number of benzene rings is 1. The molecule has 0 saturated carbocycles. The Morgan fingerprint density at radius 2 is 2.10 bits per heavy atom. The second-order valence-electron chi connectivity index (χ2n) is 6.56. The summed E-state index contributed by atoms with van der Waals surface area (Å²) in [6.07, 6.45) is 4.67. The van der Waals surface area contributed by atoms with E-state index in [4.69, 9.17) is 4.74 Å². The molecule has 1 aliphatic heterocycles. The number of fused-ring (bicyclic) bond motifs is 1. The standard InChI is InChI=1S/C18H28BrNO/c1-4-5-14(12-20-11-13(2)3)8-16-10-17(19)9-15-6-7-21-18(15)16/h9-10,13-14,20H,4-8,11-12H2,1-3H3. The van der Waals surface area contributed by atoms with Gasteiger partial charge < -0.3 is 10.1 Å². The van der Waals surface area contributed by atoms with Gasteiger partial charge in [0.15, 0.2) is 0 Å². The first-order valence-electron chi connectivity index (χ1n) is 8.25. The second kappa shape index (κ2) is 8.19. The maximum Gasteiger partial charge on any atom is 0.125 e. The average molecular weight is 354 g/mol. The quantitative estimate of drug-likeness (QED) is 0.737. The molecule has 2 rings (SSSR count). The first-order chi connectivity index (χ1) is 10.1. The first kappa shape index (κ1) is 16.8. The van der Waals surface area contributed by atoms with Crippen LogP contribution in [-0.2, 0) is 12.8 Å². The number of rotatable bonds is 8. The highest BCUT2D eigenvalue weighted by atomic mass is 79.9. The maximum absolute atomic E-state index is 5.87. The number of nitrogens with one attached hydrogen (secondary N) is 1. The summed E-state index contributed by atoms with van der Waals surface area (Å²) in [6, 6.07) is 4.45. The van der Waals surface area contributed by atoms with Crippen LogP contribution in [0.15, 0.2) is 16.6 Å². The minimum atomic E-state index is 0.691. The van der Waals surface area contributed by atoms with Gasteiger partial charge in [0.25, 0.3) is 0 Å². The summed E-state index contributed by atoms with van der Waals surface area (Å²) in [6.45, 7) is 9.84. The fourth-order valence-corrected chi connectivity index (χ4v) is 3.62. The summed E-state index contributed by atoms with van der Waals surface area (Å²) in [5, 5.41) is 3.62. The van der Waals surface area contributed by atoms with Gasteiger partial charge in [-0.1, -0.05) is 43.1 Å². The summed E-state index contributed by atoms with van der Waals surface area (Å²) in [5.41, 5.74) is 2.74. The predicted molar refractivity (Wildman–Crippen MR) is 93.2 cm³/mol. The molecule has 1 unspecified atom stereocenters. The van der Waals surface area contributed by atoms with E-state index in [1.807, 2.05) is 0 Å². The van der Waals surface area contributed by atoms with Crippen LogP contribution in [0.25, 0.3) is 0 Å². The molecule has 0 radical (unpaired) electrons. The molecule has 0 bridgehead atoms. The zero-order valence-corrected chi connectivity index (χ0v) is 15.1. The molecule has 3 heteroatoms. The van der Waals surface area contributed by atoms with Crippen LogP contribution in [-0.4, -0.2) is 19.7 Å². The van der Waals surface area contributed by atoms with Crippen molar-refractivity contribution in [3.05, 3.63) is 27.7 Å². The van der Waals surface area contributed by atoms with Crippen molar-refractivity contribution in [2.75, 3.05) is 19.7 Å².